The van der Waals surface area contributed by atoms with Gasteiger partial charge in [0.25, 0.3) is 0 Å². The third-order valence-electron chi connectivity index (χ3n) is 4.78. The quantitative estimate of drug-likeness (QED) is 0.896. The molecule has 3 heteroatoms. The number of piperidine rings is 1. The van der Waals surface area contributed by atoms with Crippen LogP contribution in [-0.4, -0.2) is 11.9 Å². The second-order valence-corrected chi connectivity index (χ2v) is 6.14. The van der Waals surface area contributed by atoms with Crippen LogP contribution in [-0.2, 0) is 11.2 Å². The number of amides is 1. The Morgan fingerprint density at radius 3 is 2.75 bits per heavy atom. The summed E-state index contributed by atoms with van der Waals surface area (Å²) in [5, 5.41) is 12.3. The summed E-state index contributed by atoms with van der Waals surface area (Å²) in [5.74, 6) is 0.935. The molecule has 1 saturated heterocycles. The van der Waals surface area contributed by atoms with Crippen LogP contribution in [0, 0.1) is 29.1 Å². The van der Waals surface area contributed by atoms with Gasteiger partial charge in [0, 0.05) is 17.9 Å². The highest BCUT2D eigenvalue weighted by molar-refractivity contribution is 5.80. The van der Waals surface area contributed by atoms with E-state index in [-0.39, 0.29) is 17.7 Å². The van der Waals surface area contributed by atoms with Gasteiger partial charge in [0.05, 0.1) is 6.07 Å². The Labute approximate surface area is 120 Å². The van der Waals surface area contributed by atoms with E-state index in [0.717, 1.165) is 32.1 Å². The van der Waals surface area contributed by atoms with Gasteiger partial charge in [-0.1, -0.05) is 30.3 Å². The van der Waals surface area contributed by atoms with Crippen LogP contribution in [0.2, 0.25) is 0 Å². The Morgan fingerprint density at radius 2 is 2.00 bits per heavy atom. The summed E-state index contributed by atoms with van der Waals surface area (Å²) in [4.78, 5) is 12.2. The molecule has 1 N–H and O–H groups in total. The van der Waals surface area contributed by atoms with E-state index in [0.29, 0.717) is 12.0 Å². The molecule has 4 atom stereocenters. The fraction of sp³-hybridized carbons (Fsp3) is 0.529. The van der Waals surface area contributed by atoms with Crippen molar-refractivity contribution >= 4 is 5.91 Å². The van der Waals surface area contributed by atoms with Gasteiger partial charge >= 0.3 is 0 Å². The highest BCUT2D eigenvalue weighted by Crippen LogP contribution is 2.36. The van der Waals surface area contributed by atoms with Crippen LogP contribution in [0.1, 0.15) is 31.2 Å². The van der Waals surface area contributed by atoms with E-state index >= 15 is 0 Å². The molecule has 4 unspecified atom stereocenters. The van der Waals surface area contributed by atoms with E-state index in [4.69, 9.17) is 5.26 Å². The first kappa shape index (κ1) is 13.2. The van der Waals surface area contributed by atoms with Crippen molar-refractivity contribution in [1.29, 1.82) is 5.26 Å². The molecule has 0 radical (unpaired) electrons. The van der Waals surface area contributed by atoms with Gasteiger partial charge < -0.3 is 5.32 Å². The van der Waals surface area contributed by atoms with Crippen molar-refractivity contribution in [3.63, 3.8) is 0 Å². The van der Waals surface area contributed by atoms with Crippen molar-refractivity contribution in [2.45, 2.75) is 38.1 Å². The van der Waals surface area contributed by atoms with Gasteiger partial charge in [-0.3, -0.25) is 4.79 Å². The summed E-state index contributed by atoms with van der Waals surface area (Å²) >= 11 is 0. The Kier molecular flexibility index (Phi) is 3.73. The average molecular weight is 268 g/mol. The zero-order chi connectivity index (χ0) is 13.9. The van der Waals surface area contributed by atoms with Crippen molar-refractivity contribution < 1.29 is 4.79 Å². The minimum Gasteiger partial charge on any atom is -0.353 e. The van der Waals surface area contributed by atoms with E-state index in [2.05, 4.69) is 23.5 Å². The maximum absolute atomic E-state index is 12.2. The Bertz CT molecular complexity index is 520. The summed E-state index contributed by atoms with van der Waals surface area (Å²) in [6.07, 6.45) is 4.59. The molecular weight excluding hydrogens is 248 g/mol. The van der Waals surface area contributed by atoms with Crippen LogP contribution < -0.4 is 5.32 Å². The lowest BCUT2D eigenvalue weighted by Gasteiger charge is -2.40. The lowest BCUT2D eigenvalue weighted by Crippen LogP contribution is -2.52. The van der Waals surface area contributed by atoms with Crippen molar-refractivity contribution in [2.24, 2.45) is 17.8 Å². The van der Waals surface area contributed by atoms with Gasteiger partial charge in [-0.2, -0.15) is 5.26 Å². The molecule has 1 heterocycles. The largest absolute Gasteiger partial charge is 0.353 e. The lowest BCUT2D eigenvalue weighted by molar-refractivity contribution is -0.130. The number of carbonyl (C=O) groups excluding carboxylic acids is 1. The fourth-order valence-corrected chi connectivity index (χ4v) is 3.68. The Morgan fingerprint density at radius 1 is 1.20 bits per heavy atom. The average Bonchev–Trinajstić information content (AvgIpc) is 2.48. The molecule has 2 aliphatic rings. The van der Waals surface area contributed by atoms with Crippen molar-refractivity contribution in [3.8, 4) is 6.07 Å². The number of carbonyl (C=O) groups is 1. The van der Waals surface area contributed by atoms with E-state index in [1.165, 1.54) is 5.56 Å². The van der Waals surface area contributed by atoms with Gasteiger partial charge in [-0.05, 0) is 43.6 Å². The highest BCUT2D eigenvalue weighted by atomic mass is 16.2. The topological polar surface area (TPSA) is 52.9 Å². The van der Waals surface area contributed by atoms with E-state index < -0.39 is 0 Å². The molecule has 1 aromatic carbocycles. The number of benzene rings is 1. The zero-order valence-corrected chi connectivity index (χ0v) is 11.6. The molecule has 20 heavy (non-hydrogen) atoms. The van der Waals surface area contributed by atoms with Gasteiger partial charge in [-0.25, -0.2) is 0 Å². The zero-order valence-electron chi connectivity index (χ0n) is 11.6. The van der Waals surface area contributed by atoms with Gasteiger partial charge in [0.2, 0.25) is 5.91 Å². The fourth-order valence-electron chi connectivity index (χ4n) is 3.68. The van der Waals surface area contributed by atoms with Crippen LogP contribution in [0.3, 0.4) is 0 Å². The second kappa shape index (κ2) is 5.66. The van der Waals surface area contributed by atoms with Crippen molar-refractivity contribution in [3.05, 3.63) is 35.9 Å². The smallest absolute Gasteiger partial charge is 0.223 e. The van der Waals surface area contributed by atoms with Gasteiger partial charge in [0.15, 0.2) is 0 Å². The number of fused-ring (bicyclic) bond motifs is 1. The SMILES string of the molecule is N#CC1CCC2NC(=O)C(Cc3ccccc3)CC2C1. The molecule has 2 fully saturated rings. The van der Waals surface area contributed by atoms with E-state index in [1.807, 2.05) is 18.2 Å². The van der Waals surface area contributed by atoms with Crippen LogP contribution in [0.4, 0.5) is 0 Å². The third kappa shape index (κ3) is 2.70. The molecule has 1 saturated carbocycles. The molecule has 3 rings (SSSR count). The highest BCUT2D eigenvalue weighted by Gasteiger charge is 2.39. The summed E-state index contributed by atoms with van der Waals surface area (Å²) in [5.41, 5.74) is 1.22. The summed E-state index contributed by atoms with van der Waals surface area (Å²) in [6.45, 7) is 0. The summed E-state index contributed by atoms with van der Waals surface area (Å²) in [7, 11) is 0. The molecule has 104 valence electrons. The van der Waals surface area contributed by atoms with Crippen LogP contribution >= 0.6 is 0 Å². The molecule has 3 nitrogen and oxygen atoms in total. The molecule has 1 aliphatic carbocycles. The molecule has 0 aromatic heterocycles. The predicted molar refractivity (Wildman–Crippen MR) is 76.6 cm³/mol. The molecular formula is C17H20N2O. The van der Waals surface area contributed by atoms with Gasteiger partial charge in [0.1, 0.15) is 0 Å². The molecule has 0 spiro atoms. The Balaban J connectivity index is 1.68. The second-order valence-electron chi connectivity index (χ2n) is 6.14. The number of rotatable bonds is 2. The standard InChI is InChI=1S/C17H20N2O/c18-11-13-6-7-16-14(9-13)10-15(17(20)19-16)8-12-4-2-1-3-5-12/h1-5,13-16H,6-10H2,(H,19,20). The maximum Gasteiger partial charge on any atom is 0.223 e. The van der Waals surface area contributed by atoms with Gasteiger partial charge in [-0.15, -0.1) is 0 Å². The van der Waals surface area contributed by atoms with E-state index in [9.17, 15) is 4.79 Å². The number of nitrogens with zero attached hydrogens (tertiary/aromatic N) is 1. The minimum absolute atomic E-state index is 0.0658. The number of nitriles is 1. The third-order valence-corrected chi connectivity index (χ3v) is 4.78. The predicted octanol–water partition coefficient (Wildman–Crippen LogP) is 2.67. The summed E-state index contributed by atoms with van der Waals surface area (Å²) in [6, 6.07) is 12.9. The molecule has 0 bridgehead atoms. The number of hydrogen-bond acceptors (Lipinski definition) is 2. The summed E-state index contributed by atoms with van der Waals surface area (Å²) < 4.78 is 0. The van der Waals surface area contributed by atoms with Crippen LogP contribution in [0.5, 0.6) is 0 Å². The van der Waals surface area contributed by atoms with Crippen LogP contribution in [0.15, 0.2) is 30.3 Å². The number of hydrogen-bond donors (Lipinski definition) is 1. The monoisotopic (exact) mass is 268 g/mol. The van der Waals surface area contributed by atoms with Crippen molar-refractivity contribution in [2.75, 3.05) is 0 Å². The Hall–Kier alpha value is -1.82. The lowest BCUT2D eigenvalue weighted by atomic mass is 9.71. The normalized spacial score (nSPS) is 32.9. The first-order valence-electron chi connectivity index (χ1n) is 7.50. The van der Waals surface area contributed by atoms with Crippen molar-refractivity contribution in [1.82, 2.24) is 5.32 Å². The molecule has 1 amide bonds. The van der Waals surface area contributed by atoms with Crippen LogP contribution in [0.25, 0.3) is 0 Å². The first-order chi connectivity index (χ1) is 9.76. The maximum atomic E-state index is 12.2. The minimum atomic E-state index is 0.0658. The number of nitrogens with one attached hydrogen (secondary N) is 1. The molecule has 1 aliphatic heterocycles. The first-order valence-corrected chi connectivity index (χ1v) is 7.50. The van der Waals surface area contributed by atoms with E-state index in [1.54, 1.807) is 0 Å². The molecule has 1 aromatic rings.